The zero-order chi connectivity index (χ0) is 21.9. The van der Waals surface area contributed by atoms with Crippen LogP contribution in [0.5, 0.6) is 11.5 Å². The first-order chi connectivity index (χ1) is 14.3. The molecule has 1 aromatic heterocycles. The van der Waals surface area contributed by atoms with Gasteiger partial charge in [-0.1, -0.05) is 11.3 Å². The second-order valence-electron chi connectivity index (χ2n) is 5.76. The van der Waals surface area contributed by atoms with E-state index in [-0.39, 0.29) is 31.2 Å². The summed E-state index contributed by atoms with van der Waals surface area (Å²) >= 11 is 0.759. The van der Waals surface area contributed by atoms with E-state index in [0.29, 0.717) is 5.75 Å². The van der Waals surface area contributed by atoms with Gasteiger partial charge in [-0.25, -0.2) is 13.4 Å². The molecule has 0 bridgehead atoms. The molecule has 10 nitrogen and oxygen atoms in total. The number of carbonyl (C=O) groups is 1. The summed E-state index contributed by atoms with van der Waals surface area (Å²) in [5.74, 6) is 0.249. The maximum atomic E-state index is 12.7. The Balaban J connectivity index is 1.82. The molecule has 2 aromatic carbocycles. The lowest BCUT2D eigenvalue weighted by Gasteiger charge is -2.09. The lowest BCUT2D eigenvalue weighted by Crippen LogP contribution is -2.13. The molecule has 12 heteroatoms. The lowest BCUT2D eigenvalue weighted by atomic mass is 10.2. The van der Waals surface area contributed by atoms with Crippen LogP contribution in [0.25, 0.3) is 0 Å². The monoisotopic (exact) mass is 449 g/mol. The van der Waals surface area contributed by atoms with Gasteiger partial charge in [0.1, 0.15) is 15.7 Å². The van der Waals surface area contributed by atoms with Crippen molar-refractivity contribution in [3.8, 4) is 11.5 Å². The van der Waals surface area contributed by atoms with Gasteiger partial charge < -0.3 is 9.47 Å². The first kappa shape index (κ1) is 21.2. The summed E-state index contributed by atoms with van der Waals surface area (Å²) in [6.45, 7) is 0. The van der Waals surface area contributed by atoms with Gasteiger partial charge in [-0.3, -0.25) is 20.2 Å². The molecular formula is C18H15N3O7S2. The Morgan fingerprint density at radius 3 is 2.43 bits per heavy atom. The van der Waals surface area contributed by atoms with E-state index in [4.69, 9.17) is 9.47 Å². The van der Waals surface area contributed by atoms with Gasteiger partial charge in [0.25, 0.3) is 11.6 Å². The quantitative estimate of drug-likeness (QED) is 0.429. The number of thiazole rings is 1. The summed E-state index contributed by atoms with van der Waals surface area (Å²) < 4.78 is 35.6. The Labute approximate surface area is 175 Å². The maximum absolute atomic E-state index is 12.7. The summed E-state index contributed by atoms with van der Waals surface area (Å²) in [5, 5.41) is 13.3. The zero-order valence-corrected chi connectivity index (χ0v) is 17.3. The molecule has 30 heavy (non-hydrogen) atoms. The minimum atomic E-state index is -3.94. The number of nitrogens with one attached hydrogen (secondary N) is 1. The van der Waals surface area contributed by atoms with Crippen molar-refractivity contribution in [2.75, 3.05) is 19.5 Å². The number of hydrogen-bond donors (Lipinski definition) is 1. The molecule has 1 heterocycles. The molecule has 3 rings (SSSR count). The first-order valence-corrected chi connectivity index (χ1v) is 10.5. The predicted molar refractivity (Wildman–Crippen MR) is 108 cm³/mol. The Morgan fingerprint density at radius 1 is 1.13 bits per heavy atom. The van der Waals surface area contributed by atoms with Gasteiger partial charge in [-0.05, 0) is 24.3 Å². The van der Waals surface area contributed by atoms with E-state index in [9.17, 15) is 23.3 Å². The number of carbonyl (C=O) groups excluding carboxylic acids is 1. The number of nitro benzene ring substituents is 1. The van der Waals surface area contributed by atoms with Gasteiger partial charge in [-0.2, -0.15) is 0 Å². The third-order valence-electron chi connectivity index (χ3n) is 3.98. The summed E-state index contributed by atoms with van der Waals surface area (Å²) in [6.07, 6.45) is 1.11. The molecule has 1 amide bonds. The van der Waals surface area contributed by atoms with Crippen LogP contribution in [-0.2, 0) is 9.84 Å². The number of nitrogens with zero attached hydrogens (tertiary/aromatic N) is 2. The fraction of sp³-hybridized carbons (Fsp3) is 0.111. The first-order valence-electron chi connectivity index (χ1n) is 8.25. The van der Waals surface area contributed by atoms with Crippen LogP contribution in [0.15, 0.2) is 57.8 Å². The van der Waals surface area contributed by atoms with E-state index >= 15 is 0 Å². The summed E-state index contributed by atoms with van der Waals surface area (Å²) in [5.41, 5.74) is -0.00655. The average molecular weight is 449 g/mol. The van der Waals surface area contributed by atoms with Gasteiger partial charge in [0.2, 0.25) is 9.84 Å². The Bertz CT molecular complexity index is 1200. The molecule has 0 aliphatic rings. The Hall–Kier alpha value is -3.51. The van der Waals surface area contributed by atoms with Gasteiger partial charge in [-0.15, -0.1) is 0 Å². The van der Waals surface area contributed by atoms with Crippen LogP contribution in [0.4, 0.5) is 10.8 Å². The highest BCUT2D eigenvalue weighted by molar-refractivity contribution is 7.93. The molecule has 0 unspecified atom stereocenters. The number of non-ortho nitro benzene ring substituents is 1. The number of rotatable bonds is 7. The number of ether oxygens (including phenoxy) is 2. The van der Waals surface area contributed by atoms with E-state index in [1.807, 2.05) is 0 Å². The molecule has 0 saturated heterocycles. The average Bonchev–Trinajstić information content (AvgIpc) is 3.22. The number of amides is 1. The molecule has 0 atom stereocenters. The van der Waals surface area contributed by atoms with Gasteiger partial charge in [0, 0.05) is 18.2 Å². The summed E-state index contributed by atoms with van der Waals surface area (Å²) in [7, 11) is -1.05. The topological polar surface area (TPSA) is 138 Å². The van der Waals surface area contributed by atoms with E-state index in [1.54, 1.807) is 12.1 Å². The molecule has 0 aliphatic carbocycles. The smallest absolute Gasteiger partial charge is 0.269 e. The second-order valence-corrected chi connectivity index (χ2v) is 8.97. The SMILES string of the molecule is COc1ccc(C(=O)Nc2ncc(S(=O)(=O)c3ccc([N+](=O)[O-])cc3)s2)c(OC)c1. The molecular weight excluding hydrogens is 434 g/mol. The number of hydrogen-bond acceptors (Lipinski definition) is 9. The van der Waals surface area contributed by atoms with Gasteiger partial charge >= 0.3 is 0 Å². The highest BCUT2D eigenvalue weighted by Crippen LogP contribution is 2.31. The molecule has 0 radical (unpaired) electrons. The zero-order valence-electron chi connectivity index (χ0n) is 15.7. The minimum absolute atomic E-state index is 0.0679. The fourth-order valence-electron chi connectivity index (χ4n) is 2.46. The van der Waals surface area contributed by atoms with E-state index in [2.05, 4.69) is 10.3 Å². The molecule has 0 aliphatic heterocycles. The van der Waals surface area contributed by atoms with E-state index < -0.39 is 20.7 Å². The second kappa shape index (κ2) is 8.47. The standard InChI is InChI=1S/C18H15N3O7S2/c1-27-12-5-8-14(15(9-12)28-2)17(22)20-18-19-10-16(29-18)30(25,26)13-6-3-11(4-7-13)21(23)24/h3-10H,1-2H3,(H,19,20,22). The number of methoxy groups -OCH3 is 2. The highest BCUT2D eigenvalue weighted by atomic mass is 32.2. The van der Waals surface area contributed by atoms with Crippen LogP contribution >= 0.6 is 11.3 Å². The van der Waals surface area contributed by atoms with Crippen molar-refractivity contribution < 1.29 is 27.6 Å². The van der Waals surface area contributed by atoms with Crippen LogP contribution in [0, 0.1) is 10.1 Å². The van der Waals surface area contributed by atoms with Gasteiger partial charge in [0.05, 0.1) is 35.8 Å². The number of nitro groups is 1. The van der Waals surface area contributed by atoms with Crippen LogP contribution in [-0.4, -0.2) is 38.5 Å². The van der Waals surface area contributed by atoms with E-state index in [0.717, 1.165) is 41.8 Å². The normalized spacial score (nSPS) is 11.0. The number of benzene rings is 2. The molecule has 156 valence electrons. The molecule has 0 fully saturated rings. The third kappa shape index (κ3) is 4.23. The lowest BCUT2D eigenvalue weighted by molar-refractivity contribution is -0.384. The van der Waals surface area contributed by atoms with E-state index in [1.165, 1.54) is 20.3 Å². The molecule has 0 saturated carbocycles. The molecule has 0 spiro atoms. The Kier molecular flexibility index (Phi) is 5.99. The van der Waals surface area contributed by atoms with Crippen LogP contribution in [0.3, 0.4) is 0 Å². The molecule has 1 N–H and O–H groups in total. The predicted octanol–water partition coefficient (Wildman–Crippen LogP) is 3.15. The van der Waals surface area contributed by atoms with Crippen molar-refractivity contribution in [2.45, 2.75) is 9.10 Å². The van der Waals surface area contributed by atoms with Crippen molar-refractivity contribution in [3.63, 3.8) is 0 Å². The largest absolute Gasteiger partial charge is 0.497 e. The number of sulfone groups is 1. The maximum Gasteiger partial charge on any atom is 0.269 e. The number of aromatic nitrogens is 1. The van der Waals surface area contributed by atoms with Crippen LogP contribution < -0.4 is 14.8 Å². The Morgan fingerprint density at radius 2 is 1.83 bits per heavy atom. The van der Waals surface area contributed by atoms with Crippen molar-refractivity contribution in [3.05, 3.63) is 64.3 Å². The fourth-order valence-corrected chi connectivity index (χ4v) is 4.88. The summed E-state index contributed by atoms with van der Waals surface area (Å²) in [4.78, 5) is 26.5. The minimum Gasteiger partial charge on any atom is -0.497 e. The van der Waals surface area contributed by atoms with Crippen molar-refractivity contribution >= 4 is 37.9 Å². The van der Waals surface area contributed by atoms with Crippen LogP contribution in [0.2, 0.25) is 0 Å². The van der Waals surface area contributed by atoms with Crippen LogP contribution in [0.1, 0.15) is 10.4 Å². The third-order valence-corrected chi connectivity index (χ3v) is 7.12. The van der Waals surface area contributed by atoms with Crippen molar-refractivity contribution in [1.29, 1.82) is 0 Å². The summed E-state index contributed by atoms with van der Waals surface area (Å²) in [6, 6.07) is 9.14. The molecule has 3 aromatic rings. The van der Waals surface area contributed by atoms with Gasteiger partial charge in [0.15, 0.2) is 5.13 Å². The number of anilines is 1. The van der Waals surface area contributed by atoms with Crippen molar-refractivity contribution in [1.82, 2.24) is 4.98 Å². The highest BCUT2D eigenvalue weighted by Gasteiger charge is 2.23. The van der Waals surface area contributed by atoms with Crippen molar-refractivity contribution in [2.24, 2.45) is 0 Å².